The molecule has 0 radical (unpaired) electrons. The summed E-state index contributed by atoms with van der Waals surface area (Å²) in [6.45, 7) is 3.94. The van der Waals surface area contributed by atoms with Crippen molar-refractivity contribution in [2.75, 3.05) is 46.4 Å². The van der Waals surface area contributed by atoms with Crippen LogP contribution in [0.3, 0.4) is 0 Å². The van der Waals surface area contributed by atoms with E-state index < -0.39 is 0 Å². The lowest BCUT2D eigenvalue weighted by molar-refractivity contribution is -0.129. The molecule has 1 aliphatic heterocycles. The largest absolute Gasteiger partial charge is 0.385 e. The molecule has 160 valence electrons. The van der Waals surface area contributed by atoms with Gasteiger partial charge in [0.1, 0.15) is 0 Å². The fourth-order valence-corrected chi connectivity index (χ4v) is 4.71. The Kier molecular flexibility index (Phi) is 8.33. The maximum Gasteiger partial charge on any atom is 0.255 e. The molecule has 7 heteroatoms. The second-order valence-electron chi connectivity index (χ2n) is 7.93. The van der Waals surface area contributed by atoms with Crippen molar-refractivity contribution in [2.24, 2.45) is 5.92 Å². The van der Waals surface area contributed by atoms with Gasteiger partial charge in [-0.15, -0.1) is 0 Å². The Morgan fingerprint density at radius 2 is 1.86 bits per heavy atom. The highest BCUT2D eigenvalue weighted by Crippen LogP contribution is 2.31. The minimum atomic E-state index is -0.0994. The number of methoxy groups -OCH3 is 1. The van der Waals surface area contributed by atoms with Crippen LogP contribution in [0.15, 0.2) is 24.3 Å². The molecule has 1 aromatic carbocycles. The molecule has 1 atom stereocenters. The molecular weight excluding hydrogens is 390 g/mol. The lowest BCUT2D eigenvalue weighted by atomic mass is 9.95. The first kappa shape index (κ1) is 22.1. The van der Waals surface area contributed by atoms with Gasteiger partial charge in [0.25, 0.3) is 5.91 Å². The van der Waals surface area contributed by atoms with Crippen molar-refractivity contribution < 1.29 is 14.3 Å². The Balaban J connectivity index is 1.60. The second kappa shape index (κ2) is 11.0. The molecule has 2 aliphatic rings. The van der Waals surface area contributed by atoms with E-state index in [0.29, 0.717) is 55.8 Å². The zero-order valence-electron chi connectivity index (χ0n) is 17.2. The van der Waals surface area contributed by atoms with Crippen LogP contribution in [0.1, 0.15) is 42.5 Å². The fraction of sp³-hybridized carbons (Fsp3) is 0.636. The maximum atomic E-state index is 13.0. The summed E-state index contributed by atoms with van der Waals surface area (Å²) in [6, 6.07) is 7.08. The zero-order chi connectivity index (χ0) is 20.6. The van der Waals surface area contributed by atoms with Crippen molar-refractivity contribution >= 4 is 23.4 Å². The van der Waals surface area contributed by atoms with Gasteiger partial charge in [0.15, 0.2) is 0 Å². The number of nitrogens with zero attached hydrogens (tertiary/aromatic N) is 2. The molecule has 0 aromatic heterocycles. The molecule has 1 aliphatic carbocycles. The van der Waals surface area contributed by atoms with Gasteiger partial charge in [-0.05, 0) is 37.3 Å². The molecule has 0 spiro atoms. The summed E-state index contributed by atoms with van der Waals surface area (Å²) >= 11 is 6.20. The van der Waals surface area contributed by atoms with Crippen molar-refractivity contribution in [2.45, 2.75) is 38.1 Å². The third kappa shape index (κ3) is 5.71. The monoisotopic (exact) mass is 421 g/mol. The van der Waals surface area contributed by atoms with Gasteiger partial charge in [0.2, 0.25) is 5.91 Å². The number of carbonyl (C=O) groups excluding carboxylic acids is 2. The summed E-state index contributed by atoms with van der Waals surface area (Å²) in [5.74, 6) is 0.499. The first-order valence-electron chi connectivity index (χ1n) is 10.7. The normalized spacial score (nSPS) is 19.3. The van der Waals surface area contributed by atoms with Gasteiger partial charge >= 0.3 is 0 Å². The number of hydrogen-bond donors (Lipinski definition) is 1. The number of carbonyl (C=O) groups is 2. The number of ether oxygens (including phenoxy) is 1. The smallest absolute Gasteiger partial charge is 0.255 e. The lowest BCUT2D eigenvalue weighted by Gasteiger charge is -2.40. The summed E-state index contributed by atoms with van der Waals surface area (Å²) < 4.78 is 5.07. The minimum absolute atomic E-state index is 0.0308. The van der Waals surface area contributed by atoms with Gasteiger partial charge in [0, 0.05) is 46.4 Å². The minimum Gasteiger partial charge on any atom is -0.385 e. The topological polar surface area (TPSA) is 61.9 Å². The van der Waals surface area contributed by atoms with Crippen molar-refractivity contribution in [3.05, 3.63) is 34.9 Å². The number of benzene rings is 1. The van der Waals surface area contributed by atoms with Crippen LogP contribution in [-0.4, -0.2) is 74.1 Å². The molecule has 1 saturated heterocycles. The van der Waals surface area contributed by atoms with Crippen LogP contribution in [0.2, 0.25) is 5.02 Å². The molecule has 2 amide bonds. The Labute approximate surface area is 178 Å². The standard InChI is InChI=1S/C22H32ClN3O3/c1-29-16-6-11-24-21(27)20(17-7-2-3-8-17)25-12-14-26(15-13-25)22(28)18-9-4-5-10-19(18)23/h4-5,9-10,17,20H,2-3,6-8,11-16H2,1H3,(H,24,27)/t20-/m0/s1. The Morgan fingerprint density at radius 3 is 2.52 bits per heavy atom. The number of rotatable bonds is 8. The predicted octanol–water partition coefficient (Wildman–Crippen LogP) is 2.81. The average Bonchev–Trinajstić information content (AvgIpc) is 3.26. The molecule has 29 heavy (non-hydrogen) atoms. The maximum absolute atomic E-state index is 13.0. The molecule has 0 unspecified atom stereocenters. The van der Waals surface area contributed by atoms with Gasteiger partial charge < -0.3 is 15.0 Å². The Bertz CT molecular complexity index is 686. The molecule has 1 N–H and O–H groups in total. The number of piperazine rings is 1. The van der Waals surface area contributed by atoms with Gasteiger partial charge in [-0.2, -0.15) is 0 Å². The lowest BCUT2D eigenvalue weighted by Crippen LogP contribution is -2.58. The van der Waals surface area contributed by atoms with Crippen LogP contribution >= 0.6 is 11.6 Å². The van der Waals surface area contributed by atoms with E-state index in [-0.39, 0.29) is 17.9 Å². The van der Waals surface area contributed by atoms with Crippen LogP contribution in [0.4, 0.5) is 0 Å². The molecule has 1 heterocycles. The van der Waals surface area contributed by atoms with E-state index in [9.17, 15) is 9.59 Å². The van der Waals surface area contributed by atoms with E-state index >= 15 is 0 Å². The van der Waals surface area contributed by atoms with Crippen LogP contribution in [-0.2, 0) is 9.53 Å². The van der Waals surface area contributed by atoms with Gasteiger partial charge in [-0.3, -0.25) is 14.5 Å². The molecule has 2 fully saturated rings. The van der Waals surface area contributed by atoms with E-state index in [1.807, 2.05) is 17.0 Å². The van der Waals surface area contributed by atoms with Crippen molar-refractivity contribution in [3.63, 3.8) is 0 Å². The van der Waals surface area contributed by atoms with Crippen LogP contribution in [0.25, 0.3) is 0 Å². The van der Waals surface area contributed by atoms with E-state index in [4.69, 9.17) is 16.3 Å². The molecule has 1 saturated carbocycles. The van der Waals surface area contributed by atoms with Crippen molar-refractivity contribution in [1.82, 2.24) is 15.1 Å². The molecule has 0 bridgehead atoms. The second-order valence-corrected chi connectivity index (χ2v) is 8.34. The molecule has 3 rings (SSSR count). The number of hydrogen-bond acceptors (Lipinski definition) is 4. The van der Waals surface area contributed by atoms with Crippen LogP contribution in [0.5, 0.6) is 0 Å². The van der Waals surface area contributed by atoms with Crippen LogP contribution in [0, 0.1) is 5.92 Å². The average molecular weight is 422 g/mol. The molecule has 1 aromatic rings. The number of nitrogens with one attached hydrogen (secondary N) is 1. The number of amides is 2. The summed E-state index contributed by atoms with van der Waals surface area (Å²) in [7, 11) is 1.67. The van der Waals surface area contributed by atoms with Crippen molar-refractivity contribution in [1.29, 1.82) is 0 Å². The summed E-state index contributed by atoms with van der Waals surface area (Å²) in [6.07, 6.45) is 5.43. The molecule has 6 nitrogen and oxygen atoms in total. The van der Waals surface area contributed by atoms with E-state index in [1.165, 1.54) is 12.8 Å². The predicted molar refractivity (Wildman–Crippen MR) is 114 cm³/mol. The van der Waals surface area contributed by atoms with E-state index in [0.717, 1.165) is 19.3 Å². The summed E-state index contributed by atoms with van der Waals surface area (Å²) in [5, 5.41) is 3.59. The van der Waals surface area contributed by atoms with Crippen molar-refractivity contribution in [3.8, 4) is 0 Å². The van der Waals surface area contributed by atoms with Crippen LogP contribution < -0.4 is 5.32 Å². The molecular formula is C22H32ClN3O3. The third-order valence-corrected chi connectivity index (χ3v) is 6.37. The highest BCUT2D eigenvalue weighted by Gasteiger charge is 2.37. The fourth-order valence-electron chi connectivity index (χ4n) is 4.49. The van der Waals surface area contributed by atoms with Gasteiger partial charge in [-0.1, -0.05) is 36.6 Å². The zero-order valence-corrected chi connectivity index (χ0v) is 18.0. The first-order valence-corrected chi connectivity index (χ1v) is 11.0. The van der Waals surface area contributed by atoms with Gasteiger partial charge in [0.05, 0.1) is 16.6 Å². The number of halogens is 1. The third-order valence-electron chi connectivity index (χ3n) is 6.04. The van der Waals surface area contributed by atoms with E-state index in [1.54, 1.807) is 19.2 Å². The quantitative estimate of drug-likeness (QED) is 0.655. The Hall–Kier alpha value is -1.63. The van der Waals surface area contributed by atoms with Gasteiger partial charge in [-0.25, -0.2) is 0 Å². The highest BCUT2D eigenvalue weighted by atomic mass is 35.5. The van der Waals surface area contributed by atoms with E-state index in [2.05, 4.69) is 10.2 Å². The summed E-state index contributed by atoms with van der Waals surface area (Å²) in [4.78, 5) is 29.9. The Morgan fingerprint density at radius 1 is 1.17 bits per heavy atom. The first-order chi connectivity index (χ1) is 14.1. The summed E-state index contributed by atoms with van der Waals surface area (Å²) in [5.41, 5.74) is 0.547. The highest BCUT2D eigenvalue weighted by molar-refractivity contribution is 6.33. The SMILES string of the molecule is COCCCNC(=O)[C@H](C1CCCC1)N1CCN(C(=O)c2ccccc2Cl)CC1.